The first-order valence-electron chi connectivity index (χ1n) is 6.26. The van der Waals surface area contributed by atoms with Crippen LogP contribution < -0.4 is 5.32 Å². The van der Waals surface area contributed by atoms with Crippen molar-refractivity contribution in [2.45, 2.75) is 52.5 Å². The van der Waals surface area contributed by atoms with Gasteiger partial charge in [0.05, 0.1) is 0 Å². The highest BCUT2D eigenvalue weighted by Crippen LogP contribution is 2.38. The maximum absolute atomic E-state index is 5.05. The molecule has 1 fully saturated rings. The third-order valence-electron chi connectivity index (χ3n) is 3.35. The van der Waals surface area contributed by atoms with Gasteiger partial charge in [0.25, 0.3) is 0 Å². The van der Waals surface area contributed by atoms with Crippen LogP contribution in [0.4, 0.5) is 0 Å². The molecule has 1 aliphatic carbocycles. The maximum Gasteiger partial charge on any atom is 0.0474 e. The van der Waals surface area contributed by atoms with Crippen LogP contribution in [0.25, 0.3) is 0 Å². The van der Waals surface area contributed by atoms with Crippen LogP contribution >= 0.6 is 0 Å². The van der Waals surface area contributed by atoms with Gasteiger partial charge in [-0.15, -0.1) is 0 Å². The van der Waals surface area contributed by atoms with Gasteiger partial charge in [0.2, 0.25) is 0 Å². The number of hydrogen-bond acceptors (Lipinski definition) is 2. The van der Waals surface area contributed by atoms with E-state index < -0.39 is 0 Å². The Bertz CT molecular complexity index is 179. The zero-order chi connectivity index (χ0) is 11.3. The van der Waals surface area contributed by atoms with Crippen LogP contribution in [-0.4, -0.2) is 26.3 Å². The van der Waals surface area contributed by atoms with Gasteiger partial charge >= 0.3 is 0 Å². The van der Waals surface area contributed by atoms with Crippen molar-refractivity contribution in [3.63, 3.8) is 0 Å². The first-order chi connectivity index (χ1) is 7.03. The normalized spacial score (nSPS) is 30.4. The Balaban J connectivity index is 2.23. The van der Waals surface area contributed by atoms with Crippen LogP contribution in [0.2, 0.25) is 0 Å². The minimum atomic E-state index is 0.524. The Hall–Kier alpha value is -0.0800. The van der Waals surface area contributed by atoms with Crippen molar-refractivity contribution < 1.29 is 4.74 Å². The summed E-state index contributed by atoms with van der Waals surface area (Å²) in [4.78, 5) is 0. The van der Waals surface area contributed by atoms with E-state index >= 15 is 0 Å². The lowest BCUT2D eigenvalue weighted by Gasteiger charge is -2.39. The standard InChI is InChI=1S/C13H27NO/c1-11-8-12(10-13(2,3)9-11)14-6-5-7-15-4/h11-12,14H,5-10H2,1-4H3/t11-,12-/m0/s1. The Morgan fingerprint density at radius 1 is 1.33 bits per heavy atom. The molecule has 0 aliphatic heterocycles. The molecule has 0 aromatic rings. The molecule has 0 bridgehead atoms. The average Bonchev–Trinajstić information content (AvgIpc) is 2.09. The second kappa shape index (κ2) is 5.86. The minimum absolute atomic E-state index is 0.524. The fourth-order valence-electron chi connectivity index (χ4n) is 3.02. The fourth-order valence-corrected chi connectivity index (χ4v) is 3.02. The predicted octanol–water partition coefficient (Wildman–Crippen LogP) is 2.83. The largest absolute Gasteiger partial charge is 0.385 e. The molecule has 1 aliphatic rings. The third kappa shape index (κ3) is 4.98. The lowest BCUT2D eigenvalue weighted by atomic mass is 9.70. The Kier molecular flexibility index (Phi) is 5.07. The van der Waals surface area contributed by atoms with Crippen LogP contribution in [0.5, 0.6) is 0 Å². The molecule has 15 heavy (non-hydrogen) atoms. The van der Waals surface area contributed by atoms with Crippen LogP contribution in [-0.2, 0) is 4.74 Å². The van der Waals surface area contributed by atoms with Crippen molar-refractivity contribution in [2.24, 2.45) is 11.3 Å². The van der Waals surface area contributed by atoms with Crippen molar-refractivity contribution in [3.8, 4) is 0 Å². The summed E-state index contributed by atoms with van der Waals surface area (Å²) in [7, 11) is 1.77. The molecule has 0 aromatic carbocycles. The minimum Gasteiger partial charge on any atom is -0.385 e. The molecule has 1 rings (SSSR count). The second-order valence-corrected chi connectivity index (χ2v) is 5.91. The van der Waals surface area contributed by atoms with Crippen LogP contribution in [0, 0.1) is 11.3 Å². The van der Waals surface area contributed by atoms with E-state index in [9.17, 15) is 0 Å². The molecule has 90 valence electrons. The summed E-state index contributed by atoms with van der Waals surface area (Å²) >= 11 is 0. The van der Waals surface area contributed by atoms with E-state index in [0.29, 0.717) is 5.41 Å². The highest BCUT2D eigenvalue weighted by Gasteiger charge is 2.31. The lowest BCUT2D eigenvalue weighted by molar-refractivity contribution is 0.146. The summed E-state index contributed by atoms with van der Waals surface area (Å²) in [5, 5.41) is 3.66. The molecular weight excluding hydrogens is 186 g/mol. The molecule has 0 saturated heterocycles. The van der Waals surface area contributed by atoms with Gasteiger partial charge in [-0.1, -0.05) is 20.8 Å². The number of nitrogens with one attached hydrogen (secondary N) is 1. The maximum atomic E-state index is 5.05. The van der Waals surface area contributed by atoms with Crippen LogP contribution in [0.3, 0.4) is 0 Å². The van der Waals surface area contributed by atoms with E-state index in [-0.39, 0.29) is 0 Å². The molecule has 0 spiro atoms. The predicted molar refractivity (Wildman–Crippen MR) is 65.1 cm³/mol. The number of ether oxygens (including phenoxy) is 1. The molecule has 0 amide bonds. The van der Waals surface area contributed by atoms with E-state index in [1.54, 1.807) is 7.11 Å². The summed E-state index contributed by atoms with van der Waals surface area (Å²) in [6, 6.07) is 0.723. The van der Waals surface area contributed by atoms with Gasteiger partial charge in [0.1, 0.15) is 0 Å². The van der Waals surface area contributed by atoms with E-state index in [1.165, 1.54) is 19.3 Å². The summed E-state index contributed by atoms with van der Waals surface area (Å²) in [5.41, 5.74) is 0.524. The molecule has 0 aromatic heterocycles. The smallest absolute Gasteiger partial charge is 0.0474 e. The number of methoxy groups -OCH3 is 1. The highest BCUT2D eigenvalue weighted by atomic mass is 16.5. The van der Waals surface area contributed by atoms with Gasteiger partial charge in [-0.25, -0.2) is 0 Å². The molecule has 2 heteroatoms. The molecule has 2 nitrogen and oxygen atoms in total. The first-order valence-corrected chi connectivity index (χ1v) is 6.26. The van der Waals surface area contributed by atoms with Gasteiger partial charge in [-0.2, -0.15) is 0 Å². The lowest BCUT2D eigenvalue weighted by Crippen LogP contribution is -2.40. The van der Waals surface area contributed by atoms with Crippen molar-refractivity contribution in [1.29, 1.82) is 0 Å². The third-order valence-corrected chi connectivity index (χ3v) is 3.35. The molecular formula is C13H27NO. The summed E-state index contributed by atoms with van der Waals surface area (Å²) in [6.07, 6.45) is 5.17. The monoisotopic (exact) mass is 213 g/mol. The quantitative estimate of drug-likeness (QED) is 0.709. The number of rotatable bonds is 5. The zero-order valence-electron chi connectivity index (χ0n) is 10.8. The molecule has 2 atom stereocenters. The Labute approximate surface area is 94.8 Å². The van der Waals surface area contributed by atoms with Gasteiger partial charge in [0.15, 0.2) is 0 Å². The van der Waals surface area contributed by atoms with Gasteiger partial charge in [-0.3, -0.25) is 0 Å². The van der Waals surface area contributed by atoms with Crippen molar-refractivity contribution in [2.75, 3.05) is 20.3 Å². The van der Waals surface area contributed by atoms with Gasteiger partial charge < -0.3 is 10.1 Å². The highest BCUT2D eigenvalue weighted by molar-refractivity contribution is 4.86. The number of hydrogen-bond donors (Lipinski definition) is 1. The van der Waals surface area contributed by atoms with E-state index in [1.807, 2.05) is 0 Å². The molecule has 0 unspecified atom stereocenters. The Morgan fingerprint density at radius 3 is 2.67 bits per heavy atom. The van der Waals surface area contributed by atoms with Gasteiger partial charge in [-0.05, 0) is 43.6 Å². The van der Waals surface area contributed by atoms with Crippen LogP contribution in [0.1, 0.15) is 46.5 Å². The fraction of sp³-hybridized carbons (Fsp3) is 1.00. The molecule has 1 saturated carbocycles. The van der Waals surface area contributed by atoms with E-state index in [4.69, 9.17) is 4.74 Å². The summed E-state index contributed by atoms with van der Waals surface area (Å²) < 4.78 is 5.05. The molecule has 0 heterocycles. The van der Waals surface area contributed by atoms with E-state index in [0.717, 1.165) is 31.5 Å². The van der Waals surface area contributed by atoms with Crippen molar-refractivity contribution in [1.82, 2.24) is 5.32 Å². The Morgan fingerprint density at radius 2 is 2.07 bits per heavy atom. The SMILES string of the molecule is COCCCN[C@H]1C[C@H](C)CC(C)(C)C1. The van der Waals surface area contributed by atoms with Crippen molar-refractivity contribution >= 4 is 0 Å². The molecule has 0 radical (unpaired) electrons. The second-order valence-electron chi connectivity index (χ2n) is 5.91. The summed E-state index contributed by atoms with van der Waals surface area (Å²) in [5.74, 6) is 0.869. The summed E-state index contributed by atoms with van der Waals surface area (Å²) in [6.45, 7) is 9.14. The zero-order valence-corrected chi connectivity index (χ0v) is 10.8. The average molecular weight is 213 g/mol. The van der Waals surface area contributed by atoms with Crippen LogP contribution in [0.15, 0.2) is 0 Å². The van der Waals surface area contributed by atoms with E-state index in [2.05, 4.69) is 26.1 Å². The first kappa shape index (κ1) is 13.0. The van der Waals surface area contributed by atoms with Gasteiger partial charge in [0, 0.05) is 19.8 Å². The van der Waals surface area contributed by atoms with Crippen molar-refractivity contribution in [3.05, 3.63) is 0 Å². The molecule has 1 N–H and O–H groups in total. The topological polar surface area (TPSA) is 21.3 Å².